The minimum Gasteiger partial charge on any atom is -0.481 e. The predicted molar refractivity (Wildman–Crippen MR) is 95.2 cm³/mol. The van der Waals surface area contributed by atoms with Crippen LogP contribution in [0.4, 0.5) is 8.78 Å². The monoisotopic (exact) mass is 387 g/mol. The van der Waals surface area contributed by atoms with Gasteiger partial charge in [0, 0.05) is 12.1 Å². The molecule has 1 atom stereocenters. The maximum atomic E-state index is 13.5. The fourth-order valence-electron chi connectivity index (χ4n) is 2.72. The molecule has 1 amide bonds. The van der Waals surface area contributed by atoms with E-state index in [1.807, 2.05) is 0 Å². The van der Waals surface area contributed by atoms with E-state index in [9.17, 15) is 23.2 Å². The van der Waals surface area contributed by atoms with Gasteiger partial charge in [-0.1, -0.05) is 18.2 Å². The molecule has 7 nitrogen and oxygen atoms in total. The molecule has 1 aromatic heterocycles. The minimum atomic E-state index is -1.27. The molecule has 3 aromatic rings. The van der Waals surface area contributed by atoms with E-state index in [2.05, 4.69) is 10.4 Å². The first-order chi connectivity index (χ1) is 13.3. The third-order valence-electron chi connectivity index (χ3n) is 3.95. The van der Waals surface area contributed by atoms with Crippen LogP contribution in [0.1, 0.15) is 28.5 Å². The van der Waals surface area contributed by atoms with Crippen molar-refractivity contribution in [3.8, 4) is 5.69 Å². The van der Waals surface area contributed by atoms with Gasteiger partial charge in [0.05, 0.1) is 18.2 Å². The first-order valence-electron chi connectivity index (χ1n) is 8.19. The molecule has 3 N–H and O–H groups in total. The molecule has 0 radical (unpaired) electrons. The summed E-state index contributed by atoms with van der Waals surface area (Å²) >= 11 is 0. The third kappa shape index (κ3) is 4.32. The Balaban J connectivity index is 1.88. The molecule has 1 unspecified atom stereocenters. The van der Waals surface area contributed by atoms with Crippen molar-refractivity contribution in [3.05, 3.63) is 87.8 Å². The molecule has 28 heavy (non-hydrogen) atoms. The van der Waals surface area contributed by atoms with Crippen LogP contribution in [0, 0.1) is 11.6 Å². The number of amides is 1. The number of carboxylic acid groups (broad SMARTS) is 1. The molecule has 9 heteroatoms. The van der Waals surface area contributed by atoms with Crippen molar-refractivity contribution in [1.29, 1.82) is 0 Å². The molecule has 0 aliphatic carbocycles. The van der Waals surface area contributed by atoms with Crippen molar-refractivity contribution in [2.24, 2.45) is 0 Å². The number of rotatable bonds is 6. The van der Waals surface area contributed by atoms with Crippen LogP contribution in [-0.2, 0) is 4.79 Å². The molecule has 0 saturated carbocycles. The Labute approximate surface area is 157 Å². The lowest BCUT2D eigenvalue weighted by molar-refractivity contribution is -0.137. The SMILES string of the molecule is O=C(O)CC(NC(=O)c1cc(=O)n(-c2ccccc2)[nH]1)c1cc(F)cc(F)c1. The molecule has 0 spiro atoms. The highest BCUT2D eigenvalue weighted by Gasteiger charge is 2.22. The van der Waals surface area contributed by atoms with Crippen molar-refractivity contribution >= 4 is 11.9 Å². The number of nitrogens with zero attached hydrogens (tertiary/aromatic N) is 1. The number of aliphatic carboxylic acids is 1. The first kappa shape index (κ1) is 19.0. The number of para-hydroxylation sites is 1. The molecule has 0 saturated heterocycles. The van der Waals surface area contributed by atoms with E-state index in [0.29, 0.717) is 11.8 Å². The molecule has 0 aliphatic heterocycles. The molecule has 1 heterocycles. The summed E-state index contributed by atoms with van der Waals surface area (Å²) in [6.07, 6.45) is -0.599. The summed E-state index contributed by atoms with van der Waals surface area (Å²) in [6.45, 7) is 0. The lowest BCUT2D eigenvalue weighted by Crippen LogP contribution is -2.30. The summed E-state index contributed by atoms with van der Waals surface area (Å²) in [5.41, 5.74) is -0.164. The third-order valence-corrected chi connectivity index (χ3v) is 3.95. The Kier molecular flexibility index (Phi) is 5.35. The molecular weight excluding hydrogens is 372 g/mol. The van der Waals surface area contributed by atoms with E-state index >= 15 is 0 Å². The lowest BCUT2D eigenvalue weighted by Gasteiger charge is -2.17. The van der Waals surface area contributed by atoms with Gasteiger partial charge in [0.1, 0.15) is 17.3 Å². The van der Waals surface area contributed by atoms with Crippen molar-refractivity contribution in [2.75, 3.05) is 0 Å². The second kappa shape index (κ2) is 7.87. The second-order valence-electron chi connectivity index (χ2n) is 6.01. The highest BCUT2D eigenvalue weighted by atomic mass is 19.1. The zero-order valence-electron chi connectivity index (χ0n) is 14.4. The van der Waals surface area contributed by atoms with Gasteiger partial charge in [-0.3, -0.25) is 19.5 Å². The highest BCUT2D eigenvalue weighted by molar-refractivity contribution is 5.92. The Bertz CT molecular complexity index is 1060. The summed E-state index contributed by atoms with van der Waals surface area (Å²) < 4.78 is 28.1. The van der Waals surface area contributed by atoms with Crippen LogP contribution >= 0.6 is 0 Å². The lowest BCUT2D eigenvalue weighted by atomic mass is 10.0. The number of carboxylic acids is 1. The summed E-state index contributed by atoms with van der Waals surface area (Å²) in [5.74, 6) is -3.86. The average Bonchev–Trinajstić information content (AvgIpc) is 3.02. The quantitative estimate of drug-likeness (QED) is 0.604. The maximum Gasteiger partial charge on any atom is 0.305 e. The van der Waals surface area contributed by atoms with Crippen LogP contribution in [0.5, 0.6) is 0 Å². The summed E-state index contributed by atoms with van der Waals surface area (Å²) in [6, 6.07) is 10.9. The van der Waals surface area contributed by atoms with Crippen molar-refractivity contribution in [3.63, 3.8) is 0 Å². The van der Waals surface area contributed by atoms with E-state index in [0.717, 1.165) is 22.9 Å². The van der Waals surface area contributed by atoms with Gasteiger partial charge in [0.2, 0.25) is 0 Å². The summed E-state index contributed by atoms with van der Waals surface area (Å²) in [4.78, 5) is 35.7. The maximum absolute atomic E-state index is 13.5. The van der Waals surface area contributed by atoms with Gasteiger partial charge in [0.15, 0.2) is 0 Å². The molecule has 3 rings (SSSR count). The number of carbonyl (C=O) groups excluding carboxylic acids is 1. The first-order valence-corrected chi connectivity index (χ1v) is 8.19. The largest absolute Gasteiger partial charge is 0.481 e. The smallest absolute Gasteiger partial charge is 0.305 e. The molecule has 0 bridgehead atoms. The predicted octanol–water partition coefficient (Wildman–Crippen LogP) is 2.39. The summed E-state index contributed by atoms with van der Waals surface area (Å²) in [7, 11) is 0. The fraction of sp³-hybridized carbons (Fsp3) is 0.105. The minimum absolute atomic E-state index is 0.0434. The van der Waals surface area contributed by atoms with Crippen LogP contribution in [0.3, 0.4) is 0 Å². The molecule has 144 valence electrons. The van der Waals surface area contributed by atoms with E-state index < -0.39 is 41.5 Å². The number of H-pyrrole nitrogens is 1. The number of aromatic nitrogens is 2. The number of carbonyl (C=O) groups is 2. The van der Waals surface area contributed by atoms with Gasteiger partial charge >= 0.3 is 5.97 Å². The Morgan fingerprint density at radius 1 is 1.07 bits per heavy atom. The van der Waals surface area contributed by atoms with Crippen molar-refractivity contribution in [1.82, 2.24) is 15.1 Å². The number of benzene rings is 2. The number of halogens is 2. The number of hydrogen-bond donors (Lipinski definition) is 3. The average molecular weight is 387 g/mol. The zero-order valence-corrected chi connectivity index (χ0v) is 14.4. The molecular formula is C19H15F2N3O4. The van der Waals surface area contributed by atoms with Crippen LogP contribution in [0.2, 0.25) is 0 Å². The van der Waals surface area contributed by atoms with E-state index in [-0.39, 0.29) is 11.3 Å². The Morgan fingerprint density at radius 2 is 1.71 bits per heavy atom. The molecule has 0 aliphatic rings. The van der Waals surface area contributed by atoms with Crippen LogP contribution < -0.4 is 10.9 Å². The van der Waals surface area contributed by atoms with Crippen molar-refractivity contribution in [2.45, 2.75) is 12.5 Å². The Hall–Kier alpha value is -3.75. The normalized spacial score (nSPS) is 11.8. The van der Waals surface area contributed by atoms with Crippen LogP contribution in [0.25, 0.3) is 5.69 Å². The number of hydrogen-bond acceptors (Lipinski definition) is 3. The number of nitrogens with one attached hydrogen (secondary N) is 2. The topological polar surface area (TPSA) is 104 Å². The molecule has 0 fully saturated rings. The Morgan fingerprint density at radius 3 is 2.32 bits per heavy atom. The zero-order chi connectivity index (χ0) is 20.3. The second-order valence-corrected chi connectivity index (χ2v) is 6.01. The fourth-order valence-corrected chi connectivity index (χ4v) is 2.72. The van der Waals surface area contributed by atoms with E-state index in [4.69, 9.17) is 5.11 Å². The van der Waals surface area contributed by atoms with Gasteiger partial charge in [-0.25, -0.2) is 13.5 Å². The standard InChI is InChI=1S/C19H15F2N3O4/c20-12-6-11(7-13(21)8-12)15(10-18(26)27)22-19(28)16-9-17(25)24(23-16)14-4-2-1-3-5-14/h1-9,15,23H,10H2,(H,22,28)(H,26,27). The van der Waals surface area contributed by atoms with Crippen LogP contribution in [0.15, 0.2) is 59.4 Å². The van der Waals surface area contributed by atoms with Gasteiger partial charge in [-0.15, -0.1) is 0 Å². The van der Waals surface area contributed by atoms with Gasteiger partial charge in [-0.2, -0.15) is 0 Å². The summed E-state index contributed by atoms with van der Waals surface area (Å²) in [5, 5.41) is 14.1. The van der Waals surface area contributed by atoms with Crippen molar-refractivity contribution < 1.29 is 23.5 Å². The van der Waals surface area contributed by atoms with Gasteiger partial charge in [0.25, 0.3) is 11.5 Å². The van der Waals surface area contributed by atoms with E-state index in [1.54, 1.807) is 30.3 Å². The van der Waals surface area contributed by atoms with E-state index in [1.165, 1.54) is 0 Å². The van der Waals surface area contributed by atoms with Crippen LogP contribution in [-0.4, -0.2) is 26.8 Å². The van der Waals surface area contributed by atoms with Gasteiger partial charge < -0.3 is 10.4 Å². The number of aromatic amines is 1. The molecule has 2 aromatic carbocycles. The highest BCUT2D eigenvalue weighted by Crippen LogP contribution is 2.20. The van der Waals surface area contributed by atoms with Gasteiger partial charge in [-0.05, 0) is 29.8 Å².